The molecule has 0 aliphatic heterocycles. The van der Waals surface area contributed by atoms with Crippen LogP contribution in [0.5, 0.6) is 5.75 Å². The van der Waals surface area contributed by atoms with Crippen LogP contribution in [0.3, 0.4) is 0 Å². The molecule has 0 amide bonds. The van der Waals surface area contributed by atoms with Crippen LogP contribution < -0.4 is 10.1 Å². The number of hydrogen-bond acceptors (Lipinski definition) is 3. The fourth-order valence-electron chi connectivity index (χ4n) is 1.42. The van der Waals surface area contributed by atoms with E-state index in [2.05, 4.69) is 26.2 Å². The predicted molar refractivity (Wildman–Crippen MR) is 72.3 cm³/mol. The van der Waals surface area contributed by atoms with Crippen LogP contribution >= 0.6 is 15.9 Å². The van der Waals surface area contributed by atoms with Gasteiger partial charge in [-0.1, -0.05) is 12.1 Å². The van der Waals surface area contributed by atoms with Crippen molar-refractivity contribution < 1.29 is 4.74 Å². The van der Waals surface area contributed by atoms with Crippen LogP contribution in [0.1, 0.15) is 5.56 Å². The third-order valence-corrected chi connectivity index (χ3v) is 2.83. The lowest BCUT2D eigenvalue weighted by atomic mass is 10.2. The van der Waals surface area contributed by atoms with E-state index in [1.54, 1.807) is 13.3 Å². The molecule has 0 saturated carbocycles. The Balaban J connectivity index is 1.95. The Morgan fingerprint density at radius 1 is 1.18 bits per heavy atom. The molecule has 2 aromatic rings. The Kier molecular flexibility index (Phi) is 3.98. The van der Waals surface area contributed by atoms with E-state index in [0.29, 0.717) is 0 Å². The zero-order valence-electron chi connectivity index (χ0n) is 9.48. The van der Waals surface area contributed by atoms with Crippen molar-refractivity contribution in [2.75, 3.05) is 12.4 Å². The lowest BCUT2D eigenvalue weighted by molar-refractivity contribution is 0.414. The highest BCUT2D eigenvalue weighted by molar-refractivity contribution is 9.10. The molecule has 4 heteroatoms. The minimum atomic E-state index is 0.749. The van der Waals surface area contributed by atoms with E-state index in [0.717, 1.165) is 22.6 Å². The number of benzene rings is 1. The van der Waals surface area contributed by atoms with Gasteiger partial charge in [0.05, 0.1) is 7.11 Å². The molecule has 0 aliphatic carbocycles. The lowest BCUT2D eigenvalue weighted by Gasteiger charge is -2.06. The quantitative estimate of drug-likeness (QED) is 0.937. The van der Waals surface area contributed by atoms with Crippen LogP contribution in [0, 0.1) is 0 Å². The van der Waals surface area contributed by atoms with Gasteiger partial charge in [0, 0.05) is 17.2 Å². The van der Waals surface area contributed by atoms with Gasteiger partial charge >= 0.3 is 0 Å². The van der Waals surface area contributed by atoms with Crippen molar-refractivity contribution >= 4 is 21.7 Å². The Morgan fingerprint density at radius 2 is 1.94 bits per heavy atom. The van der Waals surface area contributed by atoms with Crippen LogP contribution in [-0.2, 0) is 6.54 Å². The minimum absolute atomic E-state index is 0.749. The Labute approximate surface area is 109 Å². The second-order valence-corrected chi connectivity index (χ2v) is 4.48. The first kappa shape index (κ1) is 11.9. The number of hydrogen-bond donors (Lipinski definition) is 1. The monoisotopic (exact) mass is 292 g/mol. The summed E-state index contributed by atoms with van der Waals surface area (Å²) >= 11 is 3.35. The molecule has 88 valence electrons. The van der Waals surface area contributed by atoms with Crippen LogP contribution in [0.15, 0.2) is 47.1 Å². The maximum absolute atomic E-state index is 5.11. The van der Waals surface area contributed by atoms with Crippen LogP contribution in [0.25, 0.3) is 0 Å². The molecule has 0 spiro atoms. The van der Waals surface area contributed by atoms with E-state index in [1.807, 2.05) is 36.4 Å². The summed E-state index contributed by atoms with van der Waals surface area (Å²) in [6.45, 7) is 0.749. The van der Waals surface area contributed by atoms with Crippen LogP contribution in [-0.4, -0.2) is 12.1 Å². The first-order valence-electron chi connectivity index (χ1n) is 5.26. The van der Waals surface area contributed by atoms with E-state index in [1.165, 1.54) is 5.56 Å². The number of nitrogens with one attached hydrogen (secondary N) is 1. The Hall–Kier alpha value is -1.55. The average Bonchev–Trinajstić information content (AvgIpc) is 2.39. The third-order valence-electron chi connectivity index (χ3n) is 2.36. The van der Waals surface area contributed by atoms with Crippen molar-refractivity contribution in [1.29, 1.82) is 0 Å². The Bertz CT molecular complexity index is 468. The number of methoxy groups -OCH3 is 1. The summed E-state index contributed by atoms with van der Waals surface area (Å²) in [5, 5.41) is 3.25. The average molecular weight is 293 g/mol. The zero-order valence-corrected chi connectivity index (χ0v) is 11.1. The maximum Gasteiger partial charge on any atom is 0.126 e. The molecule has 1 N–H and O–H groups in total. The molecular formula is C13H13BrN2O. The van der Waals surface area contributed by atoms with Gasteiger partial charge in [-0.25, -0.2) is 4.98 Å². The van der Waals surface area contributed by atoms with Crippen molar-refractivity contribution in [2.45, 2.75) is 6.54 Å². The minimum Gasteiger partial charge on any atom is -0.497 e. The zero-order chi connectivity index (χ0) is 12.1. The third kappa shape index (κ3) is 3.46. The number of anilines is 1. The number of nitrogens with zero attached hydrogens (tertiary/aromatic N) is 1. The summed E-state index contributed by atoms with van der Waals surface area (Å²) in [7, 11) is 1.67. The summed E-state index contributed by atoms with van der Waals surface area (Å²) in [5.74, 6) is 1.74. The summed E-state index contributed by atoms with van der Waals surface area (Å²) in [4.78, 5) is 4.24. The van der Waals surface area contributed by atoms with Crippen LogP contribution in [0.4, 0.5) is 5.82 Å². The fourth-order valence-corrected chi connectivity index (χ4v) is 1.65. The van der Waals surface area contributed by atoms with Gasteiger partial charge in [-0.3, -0.25) is 0 Å². The van der Waals surface area contributed by atoms with E-state index < -0.39 is 0 Å². The van der Waals surface area contributed by atoms with Crippen molar-refractivity contribution in [2.24, 2.45) is 0 Å². The topological polar surface area (TPSA) is 34.1 Å². The van der Waals surface area contributed by atoms with Gasteiger partial charge < -0.3 is 10.1 Å². The number of pyridine rings is 1. The van der Waals surface area contributed by atoms with Crippen LogP contribution in [0.2, 0.25) is 0 Å². The molecule has 0 fully saturated rings. The molecule has 0 unspecified atom stereocenters. The molecule has 0 atom stereocenters. The van der Waals surface area contributed by atoms with Crippen molar-refractivity contribution in [3.8, 4) is 5.75 Å². The second-order valence-electron chi connectivity index (χ2n) is 3.56. The van der Waals surface area contributed by atoms with E-state index in [9.17, 15) is 0 Å². The largest absolute Gasteiger partial charge is 0.497 e. The highest BCUT2D eigenvalue weighted by Crippen LogP contribution is 2.14. The van der Waals surface area contributed by atoms with E-state index >= 15 is 0 Å². The molecule has 0 radical (unpaired) electrons. The normalized spacial score (nSPS) is 10.0. The SMILES string of the molecule is COc1ccc(CNc2ccc(Br)cn2)cc1. The molecule has 1 aromatic heterocycles. The molecule has 3 nitrogen and oxygen atoms in total. The molecule has 0 bridgehead atoms. The van der Waals surface area contributed by atoms with Gasteiger partial charge in [0.15, 0.2) is 0 Å². The first-order valence-corrected chi connectivity index (χ1v) is 6.05. The van der Waals surface area contributed by atoms with Gasteiger partial charge in [0.25, 0.3) is 0 Å². The second kappa shape index (κ2) is 5.68. The molecule has 17 heavy (non-hydrogen) atoms. The number of aromatic nitrogens is 1. The molecular weight excluding hydrogens is 280 g/mol. The van der Waals surface area contributed by atoms with Gasteiger partial charge in [-0.05, 0) is 45.8 Å². The van der Waals surface area contributed by atoms with Crippen molar-refractivity contribution in [3.63, 3.8) is 0 Å². The Morgan fingerprint density at radius 3 is 2.53 bits per heavy atom. The lowest BCUT2D eigenvalue weighted by Crippen LogP contribution is -2.00. The summed E-state index contributed by atoms with van der Waals surface area (Å²) in [6, 6.07) is 11.9. The molecule has 0 aliphatic rings. The van der Waals surface area contributed by atoms with Gasteiger partial charge in [-0.2, -0.15) is 0 Å². The highest BCUT2D eigenvalue weighted by Gasteiger charge is 1.96. The number of halogens is 1. The summed E-state index contributed by atoms with van der Waals surface area (Å²) in [6.07, 6.45) is 1.77. The van der Waals surface area contributed by atoms with Crippen molar-refractivity contribution in [1.82, 2.24) is 4.98 Å². The summed E-state index contributed by atoms with van der Waals surface area (Å²) in [5.41, 5.74) is 1.19. The first-order chi connectivity index (χ1) is 8.28. The smallest absolute Gasteiger partial charge is 0.126 e. The summed E-state index contributed by atoms with van der Waals surface area (Å²) < 4.78 is 6.09. The van der Waals surface area contributed by atoms with E-state index in [4.69, 9.17) is 4.74 Å². The van der Waals surface area contributed by atoms with Gasteiger partial charge in [-0.15, -0.1) is 0 Å². The number of rotatable bonds is 4. The highest BCUT2D eigenvalue weighted by atomic mass is 79.9. The molecule has 2 rings (SSSR count). The molecule has 1 aromatic carbocycles. The fraction of sp³-hybridized carbons (Fsp3) is 0.154. The standard InChI is InChI=1S/C13H13BrN2O/c1-17-12-5-2-10(3-6-12)8-15-13-7-4-11(14)9-16-13/h2-7,9H,8H2,1H3,(H,15,16). The van der Waals surface area contributed by atoms with Gasteiger partial charge in [0.2, 0.25) is 0 Å². The number of ether oxygens (including phenoxy) is 1. The van der Waals surface area contributed by atoms with Gasteiger partial charge in [0.1, 0.15) is 11.6 Å². The molecule has 1 heterocycles. The predicted octanol–water partition coefficient (Wildman–Crippen LogP) is 3.46. The van der Waals surface area contributed by atoms with E-state index in [-0.39, 0.29) is 0 Å². The van der Waals surface area contributed by atoms with Crippen molar-refractivity contribution in [3.05, 3.63) is 52.6 Å². The maximum atomic E-state index is 5.11. The molecule has 0 saturated heterocycles.